The summed E-state index contributed by atoms with van der Waals surface area (Å²) in [7, 11) is 0. The Hall–Kier alpha value is -1.30. The molecule has 6 nitrogen and oxygen atoms in total. The molecular weight excluding hydrogens is 236 g/mol. The van der Waals surface area contributed by atoms with E-state index in [0.717, 1.165) is 6.42 Å². The van der Waals surface area contributed by atoms with Gasteiger partial charge in [-0.1, -0.05) is 0 Å². The number of aliphatic hydroxyl groups excluding tert-OH is 1. The maximum absolute atomic E-state index is 11.6. The number of nitrogens with zero attached hydrogens (tertiary/aromatic N) is 1. The Kier molecular flexibility index (Phi) is 4.56. The molecule has 1 aliphatic heterocycles. The highest BCUT2D eigenvalue weighted by atomic mass is 16.6. The minimum atomic E-state index is -0.960. The number of amides is 2. The van der Waals surface area contributed by atoms with Crippen LogP contribution in [0, 0.1) is 5.92 Å². The van der Waals surface area contributed by atoms with Gasteiger partial charge in [-0.15, -0.1) is 0 Å². The molecule has 2 amide bonds. The lowest BCUT2D eigenvalue weighted by Gasteiger charge is -2.27. The zero-order chi connectivity index (χ0) is 13.9. The van der Waals surface area contributed by atoms with Crippen LogP contribution in [0.1, 0.15) is 33.6 Å². The average Bonchev–Trinajstić information content (AvgIpc) is 2.61. The summed E-state index contributed by atoms with van der Waals surface area (Å²) in [5.74, 6) is 0.0215. The van der Waals surface area contributed by atoms with Gasteiger partial charge in [-0.2, -0.15) is 0 Å². The number of carbonyl (C=O) groups excluding carboxylic acids is 2. The van der Waals surface area contributed by atoms with Crippen LogP contribution in [0.15, 0.2) is 0 Å². The predicted octanol–water partition coefficient (Wildman–Crippen LogP) is 0.480. The zero-order valence-corrected chi connectivity index (χ0v) is 11.2. The Bertz CT molecular complexity index is 328. The second-order valence-corrected chi connectivity index (χ2v) is 5.50. The number of hydrogen-bond acceptors (Lipinski definition) is 4. The molecule has 1 rings (SSSR count). The monoisotopic (exact) mass is 258 g/mol. The van der Waals surface area contributed by atoms with Gasteiger partial charge in [0.15, 0.2) is 0 Å². The third-order valence-corrected chi connectivity index (χ3v) is 3.11. The van der Waals surface area contributed by atoms with Gasteiger partial charge in [-0.05, 0) is 39.5 Å². The van der Waals surface area contributed by atoms with Crippen molar-refractivity contribution in [2.24, 2.45) is 11.7 Å². The molecule has 0 radical (unpaired) electrons. The van der Waals surface area contributed by atoms with Gasteiger partial charge in [0, 0.05) is 13.1 Å². The van der Waals surface area contributed by atoms with Crippen LogP contribution in [0.2, 0.25) is 0 Å². The summed E-state index contributed by atoms with van der Waals surface area (Å²) >= 11 is 0. The molecule has 0 aliphatic carbocycles. The maximum Gasteiger partial charge on any atom is 0.405 e. The molecule has 6 heteroatoms. The van der Waals surface area contributed by atoms with Gasteiger partial charge >= 0.3 is 6.09 Å². The van der Waals surface area contributed by atoms with Gasteiger partial charge in [-0.25, -0.2) is 4.79 Å². The molecule has 1 unspecified atom stereocenters. The van der Waals surface area contributed by atoms with Crippen molar-refractivity contribution in [3.05, 3.63) is 0 Å². The number of primary amides is 1. The van der Waals surface area contributed by atoms with Crippen molar-refractivity contribution in [1.82, 2.24) is 4.90 Å². The molecule has 1 aliphatic rings. The normalized spacial score (nSPS) is 21.8. The Morgan fingerprint density at radius 3 is 2.67 bits per heavy atom. The summed E-state index contributed by atoms with van der Waals surface area (Å²) in [6.07, 6.45) is -0.239. The molecule has 3 N–H and O–H groups in total. The third-order valence-electron chi connectivity index (χ3n) is 3.11. The summed E-state index contributed by atoms with van der Waals surface area (Å²) in [5.41, 5.74) is 4.38. The highest BCUT2D eigenvalue weighted by molar-refractivity contribution is 5.80. The molecule has 0 bridgehead atoms. The number of nitrogens with two attached hydrogens (primary N) is 1. The van der Waals surface area contributed by atoms with Crippen LogP contribution in [-0.4, -0.2) is 46.8 Å². The molecule has 0 aromatic rings. The average molecular weight is 258 g/mol. The molecule has 0 aromatic carbocycles. The van der Waals surface area contributed by atoms with Crippen LogP contribution >= 0.6 is 0 Å². The lowest BCUT2D eigenvalue weighted by Crippen LogP contribution is -2.37. The fourth-order valence-electron chi connectivity index (χ4n) is 2.47. The molecule has 18 heavy (non-hydrogen) atoms. The van der Waals surface area contributed by atoms with E-state index in [2.05, 4.69) is 0 Å². The van der Waals surface area contributed by atoms with Crippen molar-refractivity contribution in [2.45, 2.75) is 45.3 Å². The SMILES string of the molecule is CC(O)C(=O)N1CC[C@H](CC(C)(C)OC(N)=O)C1. The zero-order valence-electron chi connectivity index (χ0n) is 11.2. The first-order valence-electron chi connectivity index (χ1n) is 6.16. The number of ether oxygens (including phenoxy) is 1. The van der Waals surface area contributed by atoms with Gasteiger partial charge in [0.05, 0.1) is 0 Å². The van der Waals surface area contributed by atoms with Crippen molar-refractivity contribution in [3.8, 4) is 0 Å². The first kappa shape index (κ1) is 14.8. The molecular formula is C12H22N2O4. The van der Waals surface area contributed by atoms with Gasteiger partial charge < -0.3 is 20.5 Å². The number of rotatable bonds is 4. The van der Waals surface area contributed by atoms with Crippen LogP contribution in [0.25, 0.3) is 0 Å². The van der Waals surface area contributed by atoms with E-state index in [-0.39, 0.29) is 11.8 Å². The Labute approximate surface area is 107 Å². The predicted molar refractivity (Wildman–Crippen MR) is 65.7 cm³/mol. The number of hydrogen-bond donors (Lipinski definition) is 2. The summed E-state index contributed by atoms with van der Waals surface area (Å²) < 4.78 is 5.03. The summed E-state index contributed by atoms with van der Waals surface area (Å²) in [6, 6.07) is 0. The lowest BCUT2D eigenvalue weighted by molar-refractivity contribution is -0.138. The standard InChI is InChI=1S/C12H22N2O4/c1-8(15)10(16)14-5-4-9(7-14)6-12(2,3)18-11(13)17/h8-9,15H,4-7H2,1-3H3,(H2,13,17)/t8?,9-/m1/s1. The minimum absolute atomic E-state index is 0.244. The third kappa shape index (κ3) is 4.18. The van der Waals surface area contributed by atoms with Crippen molar-refractivity contribution in [1.29, 1.82) is 0 Å². The molecule has 1 heterocycles. The molecule has 0 saturated carbocycles. The van der Waals surface area contributed by atoms with Gasteiger partial charge in [0.1, 0.15) is 11.7 Å². The van der Waals surface area contributed by atoms with E-state index in [4.69, 9.17) is 10.5 Å². The Morgan fingerprint density at radius 2 is 2.17 bits per heavy atom. The second kappa shape index (κ2) is 5.56. The maximum atomic E-state index is 11.6. The van der Waals surface area contributed by atoms with Crippen LogP contribution in [0.3, 0.4) is 0 Å². The summed E-state index contributed by atoms with van der Waals surface area (Å²) in [6.45, 7) is 6.31. The Morgan fingerprint density at radius 1 is 1.56 bits per heavy atom. The number of likely N-dealkylation sites (tertiary alicyclic amines) is 1. The number of aliphatic hydroxyl groups is 1. The first-order chi connectivity index (χ1) is 8.21. The van der Waals surface area contributed by atoms with Crippen LogP contribution < -0.4 is 5.73 Å². The van der Waals surface area contributed by atoms with E-state index in [1.165, 1.54) is 6.92 Å². The van der Waals surface area contributed by atoms with E-state index < -0.39 is 17.8 Å². The van der Waals surface area contributed by atoms with E-state index >= 15 is 0 Å². The van der Waals surface area contributed by atoms with E-state index in [9.17, 15) is 14.7 Å². The highest BCUT2D eigenvalue weighted by Crippen LogP contribution is 2.28. The Balaban J connectivity index is 2.47. The number of carbonyl (C=O) groups is 2. The second-order valence-electron chi connectivity index (χ2n) is 5.50. The van der Waals surface area contributed by atoms with Crippen LogP contribution in [0.5, 0.6) is 0 Å². The van der Waals surface area contributed by atoms with Crippen molar-refractivity contribution in [3.63, 3.8) is 0 Å². The smallest absolute Gasteiger partial charge is 0.405 e. The van der Waals surface area contributed by atoms with E-state index in [1.54, 1.807) is 18.7 Å². The summed E-state index contributed by atoms with van der Waals surface area (Å²) in [4.78, 5) is 24.0. The minimum Gasteiger partial charge on any atom is -0.444 e. The van der Waals surface area contributed by atoms with Crippen molar-refractivity contribution < 1.29 is 19.4 Å². The van der Waals surface area contributed by atoms with Gasteiger partial charge in [0.2, 0.25) is 0 Å². The van der Waals surface area contributed by atoms with Gasteiger partial charge in [-0.3, -0.25) is 4.79 Å². The molecule has 2 atom stereocenters. The van der Waals surface area contributed by atoms with Gasteiger partial charge in [0.25, 0.3) is 5.91 Å². The molecule has 1 saturated heterocycles. The fraction of sp³-hybridized carbons (Fsp3) is 0.833. The molecule has 0 aromatic heterocycles. The topological polar surface area (TPSA) is 92.9 Å². The lowest BCUT2D eigenvalue weighted by atomic mass is 9.93. The van der Waals surface area contributed by atoms with Crippen molar-refractivity contribution >= 4 is 12.0 Å². The van der Waals surface area contributed by atoms with Crippen LogP contribution in [0.4, 0.5) is 4.79 Å². The first-order valence-corrected chi connectivity index (χ1v) is 6.16. The largest absolute Gasteiger partial charge is 0.444 e. The molecule has 0 spiro atoms. The van der Waals surface area contributed by atoms with Crippen LogP contribution in [-0.2, 0) is 9.53 Å². The van der Waals surface area contributed by atoms with E-state index in [0.29, 0.717) is 19.5 Å². The molecule has 104 valence electrons. The highest BCUT2D eigenvalue weighted by Gasteiger charge is 2.33. The summed E-state index contributed by atoms with van der Waals surface area (Å²) in [5, 5.41) is 9.24. The molecule has 1 fully saturated rings. The fourth-order valence-corrected chi connectivity index (χ4v) is 2.47. The van der Waals surface area contributed by atoms with Crippen molar-refractivity contribution in [2.75, 3.05) is 13.1 Å². The van der Waals surface area contributed by atoms with E-state index in [1.807, 2.05) is 0 Å². The quantitative estimate of drug-likeness (QED) is 0.767.